The van der Waals surface area contributed by atoms with Gasteiger partial charge in [0, 0.05) is 46.9 Å². The number of rotatable bonds is 1. The van der Waals surface area contributed by atoms with Crippen LogP contribution in [-0.2, 0) is 4.74 Å². The summed E-state index contributed by atoms with van der Waals surface area (Å²) >= 11 is 0. The Morgan fingerprint density at radius 2 is 1.65 bits per heavy atom. The van der Waals surface area contributed by atoms with Gasteiger partial charge in [-0.25, -0.2) is 0 Å². The maximum absolute atomic E-state index is 6.83. The first-order chi connectivity index (χ1) is 18.4. The number of nitrogens with zero attached hydrogens (tertiary/aromatic N) is 1. The van der Waals surface area contributed by atoms with Crippen molar-refractivity contribution in [2.75, 3.05) is 0 Å². The molecule has 2 saturated carbocycles. The fourth-order valence-electron chi connectivity index (χ4n) is 9.65. The van der Waals surface area contributed by atoms with Crippen LogP contribution in [0.25, 0.3) is 0 Å². The van der Waals surface area contributed by atoms with Gasteiger partial charge in [-0.2, -0.15) is 0 Å². The van der Waals surface area contributed by atoms with Gasteiger partial charge >= 0.3 is 0 Å². The van der Waals surface area contributed by atoms with Crippen LogP contribution < -0.4 is 4.74 Å². The minimum absolute atomic E-state index is 0.287. The summed E-state index contributed by atoms with van der Waals surface area (Å²) in [6.45, 7) is 0. The van der Waals surface area contributed by atoms with Crippen LogP contribution in [0.15, 0.2) is 83.0 Å². The van der Waals surface area contributed by atoms with Crippen molar-refractivity contribution in [3.8, 4) is 5.75 Å². The van der Waals surface area contributed by atoms with Gasteiger partial charge in [0.15, 0.2) is 0 Å². The van der Waals surface area contributed by atoms with E-state index >= 15 is 0 Å². The minimum Gasteiger partial charge on any atom is -0.487 e. The van der Waals surface area contributed by atoms with Crippen molar-refractivity contribution in [3.63, 3.8) is 0 Å². The molecule has 3 heteroatoms. The Hall–Kier alpha value is -2.68. The largest absolute Gasteiger partial charge is 0.487 e. The Balaban J connectivity index is 1.12. The van der Waals surface area contributed by atoms with Crippen molar-refractivity contribution in [2.24, 2.45) is 23.7 Å². The van der Waals surface area contributed by atoms with E-state index in [1.54, 1.807) is 16.8 Å². The normalized spacial score (nSPS) is 40.5. The summed E-state index contributed by atoms with van der Waals surface area (Å²) < 4.78 is 13.3. The molecule has 0 spiro atoms. The molecular weight excluding hydrogens is 454 g/mol. The van der Waals surface area contributed by atoms with E-state index in [9.17, 15) is 0 Å². The average molecular weight is 492 g/mol. The molecule has 3 nitrogen and oxygen atoms in total. The first-order valence-corrected chi connectivity index (χ1v) is 15.1. The van der Waals surface area contributed by atoms with Gasteiger partial charge < -0.3 is 14.4 Å². The molecule has 0 N–H and O–H groups in total. The maximum atomic E-state index is 6.83. The summed E-state index contributed by atoms with van der Waals surface area (Å²) in [5.41, 5.74) is 6.35. The first-order valence-electron chi connectivity index (χ1n) is 15.1. The number of fused-ring (bicyclic) bond motifs is 10. The zero-order valence-electron chi connectivity index (χ0n) is 21.6. The summed E-state index contributed by atoms with van der Waals surface area (Å²) in [6.07, 6.45) is 25.6. The van der Waals surface area contributed by atoms with Crippen molar-refractivity contribution in [3.05, 3.63) is 88.6 Å². The molecule has 8 atom stereocenters. The molecule has 0 amide bonds. The fourth-order valence-corrected chi connectivity index (χ4v) is 9.65. The number of para-hydroxylation sites is 1. The van der Waals surface area contributed by atoms with Crippen LogP contribution in [0.1, 0.15) is 75.7 Å². The molecule has 1 aromatic rings. The first kappa shape index (κ1) is 21.3. The Kier molecular flexibility index (Phi) is 4.55. The Morgan fingerprint density at radius 3 is 2.65 bits per heavy atom. The molecule has 3 heterocycles. The quantitative estimate of drug-likeness (QED) is 0.405. The van der Waals surface area contributed by atoms with Gasteiger partial charge in [0.2, 0.25) is 0 Å². The van der Waals surface area contributed by atoms with Gasteiger partial charge in [-0.15, -0.1) is 0 Å². The van der Waals surface area contributed by atoms with Crippen molar-refractivity contribution in [1.29, 1.82) is 0 Å². The molecule has 3 aliphatic heterocycles. The van der Waals surface area contributed by atoms with Crippen LogP contribution in [-0.4, -0.2) is 23.1 Å². The molecule has 0 radical (unpaired) electrons. The average Bonchev–Trinajstić information content (AvgIpc) is 3.62. The highest BCUT2D eigenvalue weighted by atomic mass is 16.5. The summed E-state index contributed by atoms with van der Waals surface area (Å²) in [5, 5.41) is 0. The van der Waals surface area contributed by atoms with Crippen LogP contribution in [0.4, 0.5) is 0 Å². The molecule has 8 unspecified atom stereocenters. The third-order valence-electron chi connectivity index (χ3n) is 11.1. The summed E-state index contributed by atoms with van der Waals surface area (Å²) in [4.78, 5) is 2.98. The lowest BCUT2D eigenvalue weighted by Gasteiger charge is -2.48. The van der Waals surface area contributed by atoms with Gasteiger partial charge in [0.05, 0.1) is 6.04 Å². The Bertz CT molecular complexity index is 1310. The number of hydrogen-bond donors (Lipinski definition) is 0. The molecule has 2 fully saturated rings. The topological polar surface area (TPSA) is 21.7 Å². The summed E-state index contributed by atoms with van der Waals surface area (Å²) in [6, 6.07) is 10.00. The molecule has 9 rings (SSSR count). The molecular formula is C34H37NO2. The van der Waals surface area contributed by atoms with Crippen LogP contribution in [0.3, 0.4) is 0 Å². The van der Waals surface area contributed by atoms with Crippen molar-refractivity contribution < 1.29 is 9.47 Å². The highest BCUT2D eigenvalue weighted by molar-refractivity contribution is 5.52. The summed E-state index contributed by atoms with van der Waals surface area (Å²) in [7, 11) is 0. The number of benzene rings is 1. The van der Waals surface area contributed by atoms with E-state index in [0.29, 0.717) is 41.7 Å². The van der Waals surface area contributed by atoms with Gasteiger partial charge in [-0.05, 0) is 74.3 Å². The van der Waals surface area contributed by atoms with E-state index in [4.69, 9.17) is 9.47 Å². The predicted octanol–water partition coefficient (Wildman–Crippen LogP) is 7.55. The molecule has 5 aliphatic carbocycles. The Morgan fingerprint density at radius 1 is 0.784 bits per heavy atom. The molecule has 1 aromatic carbocycles. The zero-order valence-corrected chi connectivity index (χ0v) is 21.6. The van der Waals surface area contributed by atoms with E-state index in [2.05, 4.69) is 59.5 Å². The standard InChI is InChI=1S/C34H37NO2/c1-4-12-27-20(8-1)23-17-16-22-24(18-19-31-32(22)26-10-3-6-15-30(26)36-31)33(23)35(27)28-13-7-11-25-21-9-2-5-14-29(21)37-34(25)28/h2,5,9,14-20,22,24-28,34H,1,3-4,6-8,10-13H2. The molecule has 190 valence electrons. The van der Waals surface area contributed by atoms with E-state index in [0.717, 1.165) is 11.5 Å². The molecule has 0 aromatic heterocycles. The molecule has 8 aliphatic rings. The van der Waals surface area contributed by atoms with E-state index in [1.807, 2.05) is 0 Å². The Labute approximate surface area is 220 Å². The third kappa shape index (κ3) is 2.89. The molecule has 0 saturated heterocycles. The summed E-state index contributed by atoms with van der Waals surface area (Å²) in [5.74, 6) is 6.16. The lowest BCUT2D eigenvalue weighted by atomic mass is 9.69. The number of allylic oxidation sites excluding steroid dienone is 6. The maximum Gasteiger partial charge on any atom is 0.127 e. The van der Waals surface area contributed by atoms with E-state index in [1.165, 1.54) is 75.5 Å². The monoisotopic (exact) mass is 491 g/mol. The lowest BCUT2D eigenvalue weighted by molar-refractivity contribution is 0.0219. The molecule has 0 bridgehead atoms. The van der Waals surface area contributed by atoms with Crippen LogP contribution in [0.5, 0.6) is 5.75 Å². The lowest BCUT2D eigenvalue weighted by Crippen LogP contribution is -2.53. The van der Waals surface area contributed by atoms with Gasteiger partial charge in [-0.1, -0.05) is 55.7 Å². The molecule has 37 heavy (non-hydrogen) atoms. The van der Waals surface area contributed by atoms with Crippen LogP contribution >= 0.6 is 0 Å². The second-order valence-electron chi connectivity index (χ2n) is 12.7. The van der Waals surface area contributed by atoms with Gasteiger partial charge in [-0.3, -0.25) is 0 Å². The zero-order chi connectivity index (χ0) is 24.1. The highest BCUT2D eigenvalue weighted by Gasteiger charge is 2.54. The van der Waals surface area contributed by atoms with Crippen LogP contribution in [0, 0.1) is 23.7 Å². The predicted molar refractivity (Wildman–Crippen MR) is 145 cm³/mol. The number of hydrogen-bond acceptors (Lipinski definition) is 3. The number of ether oxygens (including phenoxy) is 2. The minimum atomic E-state index is 0.287. The van der Waals surface area contributed by atoms with Gasteiger partial charge in [0.25, 0.3) is 0 Å². The second-order valence-corrected chi connectivity index (χ2v) is 12.7. The smallest absolute Gasteiger partial charge is 0.127 e. The van der Waals surface area contributed by atoms with Gasteiger partial charge in [0.1, 0.15) is 23.4 Å². The van der Waals surface area contributed by atoms with Crippen LogP contribution in [0.2, 0.25) is 0 Å². The second kappa shape index (κ2) is 7.91. The van der Waals surface area contributed by atoms with Crippen molar-refractivity contribution >= 4 is 0 Å². The van der Waals surface area contributed by atoms with Crippen molar-refractivity contribution in [2.45, 2.75) is 88.3 Å². The SMILES string of the molecule is C1=CC2C3=C(C=CC2C2=C1OC1=CCCCC12)C1CCCCC1N3C1CCCC2c3ccccc3OC21. The fraction of sp³-hybridized carbons (Fsp3) is 0.529. The van der Waals surface area contributed by atoms with E-state index < -0.39 is 0 Å². The van der Waals surface area contributed by atoms with E-state index in [-0.39, 0.29) is 6.10 Å². The third-order valence-corrected chi connectivity index (χ3v) is 11.1. The van der Waals surface area contributed by atoms with Crippen molar-refractivity contribution in [1.82, 2.24) is 4.90 Å². The highest BCUT2D eigenvalue weighted by Crippen LogP contribution is 2.58.